The monoisotopic (exact) mass is 306 g/mol. The molecule has 1 fully saturated rings. The normalized spacial score (nSPS) is 20.5. The molecule has 0 unspecified atom stereocenters. The van der Waals surface area contributed by atoms with Gasteiger partial charge in [0.05, 0.1) is 9.83 Å². The number of carbonyl (C=O) groups is 1. The second-order valence-electron chi connectivity index (χ2n) is 3.25. The van der Waals surface area contributed by atoms with Crippen LogP contribution in [0.2, 0.25) is 0 Å². The zero-order chi connectivity index (χ0) is 10.7. The number of thioether (sulfide) groups is 1. The molecule has 1 amide bonds. The summed E-state index contributed by atoms with van der Waals surface area (Å²) in [5.74, 6) is 1.85. The van der Waals surface area contributed by atoms with Crippen molar-refractivity contribution in [2.45, 2.75) is 12.6 Å². The molecule has 0 bridgehead atoms. The fraction of sp³-hybridized carbons (Fsp3) is 0.444. The van der Waals surface area contributed by atoms with E-state index in [2.05, 4.69) is 26.6 Å². The van der Waals surface area contributed by atoms with Crippen LogP contribution in [-0.2, 0) is 11.3 Å². The van der Waals surface area contributed by atoms with E-state index >= 15 is 0 Å². The first kappa shape index (κ1) is 11.4. The van der Waals surface area contributed by atoms with Gasteiger partial charge in [0.2, 0.25) is 5.91 Å². The van der Waals surface area contributed by atoms with E-state index in [1.165, 1.54) is 0 Å². The van der Waals surface area contributed by atoms with Gasteiger partial charge in [0.1, 0.15) is 0 Å². The fourth-order valence-electron chi connectivity index (χ4n) is 1.31. The average Bonchev–Trinajstić information content (AvgIpc) is 2.84. The molecule has 2 heterocycles. The van der Waals surface area contributed by atoms with Crippen LogP contribution in [0.5, 0.6) is 0 Å². The van der Waals surface area contributed by atoms with Gasteiger partial charge in [-0.15, -0.1) is 23.1 Å². The van der Waals surface area contributed by atoms with E-state index < -0.39 is 0 Å². The van der Waals surface area contributed by atoms with Crippen LogP contribution in [0.3, 0.4) is 0 Å². The second kappa shape index (κ2) is 5.34. The third-order valence-corrected chi connectivity index (χ3v) is 4.61. The summed E-state index contributed by atoms with van der Waals surface area (Å²) < 4.78 is 1.10. The molecular weight excluding hydrogens is 296 g/mol. The quantitative estimate of drug-likeness (QED) is 0.894. The van der Waals surface area contributed by atoms with E-state index in [-0.39, 0.29) is 11.9 Å². The van der Waals surface area contributed by atoms with Crippen LogP contribution in [0, 0.1) is 0 Å². The first-order valence-corrected chi connectivity index (χ1v) is 7.40. The Bertz CT molecular complexity index is 350. The number of nitrogens with one attached hydrogen (secondary N) is 2. The van der Waals surface area contributed by atoms with E-state index in [9.17, 15) is 4.79 Å². The predicted octanol–water partition coefficient (Wildman–Crippen LogP) is 1.79. The second-order valence-corrected chi connectivity index (χ2v) is 6.57. The SMILES string of the molecule is O=C(NCc1csc(Br)c1)[C@H]1CSCN1. The number of hydrogen-bond donors (Lipinski definition) is 2. The Labute approximate surface area is 105 Å². The van der Waals surface area contributed by atoms with Gasteiger partial charge in [0, 0.05) is 18.2 Å². The molecule has 1 saturated heterocycles. The van der Waals surface area contributed by atoms with Gasteiger partial charge in [0.25, 0.3) is 0 Å². The zero-order valence-electron chi connectivity index (χ0n) is 7.96. The lowest BCUT2D eigenvalue weighted by Crippen LogP contribution is -2.41. The summed E-state index contributed by atoms with van der Waals surface area (Å²) >= 11 is 6.79. The van der Waals surface area contributed by atoms with Crippen molar-refractivity contribution >= 4 is 44.9 Å². The molecule has 0 aromatic carbocycles. The third kappa shape index (κ3) is 3.21. The van der Waals surface area contributed by atoms with Crippen LogP contribution in [0.4, 0.5) is 0 Å². The topological polar surface area (TPSA) is 41.1 Å². The fourth-order valence-corrected chi connectivity index (χ4v) is 3.47. The maximum atomic E-state index is 11.6. The molecule has 1 aromatic rings. The summed E-state index contributed by atoms with van der Waals surface area (Å²) in [6.07, 6.45) is 0. The van der Waals surface area contributed by atoms with E-state index in [1.807, 2.05) is 11.4 Å². The van der Waals surface area contributed by atoms with E-state index in [1.54, 1.807) is 23.1 Å². The van der Waals surface area contributed by atoms with Gasteiger partial charge in [-0.2, -0.15) is 0 Å². The summed E-state index contributed by atoms with van der Waals surface area (Å²) in [5, 5.41) is 8.11. The van der Waals surface area contributed by atoms with Crippen LogP contribution in [0.15, 0.2) is 15.2 Å². The number of amides is 1. The maximum Gasteiger partial charge on any atom is 0.238 e. The molecule has 1 aliphatic heterocycles. The van der Waals surface area contributed by atoms with Crippen molar-refractivity contribution in [3.05, 3.63) is 20.8 Å². The predicted molar refractivity (Wildman–Crippen MR) is 68.1 cm³/mol. The van der Waals surface area contributed by atoms with Gasteiger partial charge >= 0.3 is 0 Å². The molecule has 15 heavy (non-hydrogen) atoms. The Hall–Kier alpha value is -0.0400. The highest BCUT2D eigenvalue weighted by molar-refractivity contribution is 9.11. The van der Waals surface area contributed by atoms with Gasteiger partial charge in [-0.3, -0.25) is 10.1 Å². The summed E-state index contributed by atoms with van der Waals surface area (Å²) in [4.78, 5) is 11.6. The largest absolute Gasteiger partial charge is 0.351 e. The Morgan fingerprint density at radius 3 is 3.20 bits per heavy atom. The molecular formula is C9H11BrN2OS2. The lowest BCUT2D eigenvalue weighted by Gasteiger charge is -2.09. The summed E-state index contributed by atoms with van der Waals surface area (Å²) in [6.45, 7) is 0.615. The summed E-state index contributed by atoms with van der Waals surface area (Å²) in [7, 11) is 0. The molecule has 3 nitrogen and oxygen atoms in total. The molecule has 0 radical (unpaired) electrons. The molecule has 1 aromatic heterocycles. The highest BCUT2D eigenvalue weighted by atomic mass is 79.9. The first-order chi connectivity index (χ1) is 7.25. The van der Waals surface area contributed by atoms with Crippen molar-refractivity contribution < 1.29 is 4.79 Å². The van der Waals surface area contributed by atoms with Crippen molar-refractivity contribution in [2.75, 3.05) is 11.6 Å². The van der Waals surface area contributed by atoms with Crippen LogP contribution >= 0.6 is 39.0 Å². The zero-order valence-corrected chi connectivity index (χ0v) is 11.2. The minimum absolute atomic E-state index is 0.0166. The highest BCUT2D eigenvalue weighted by Gasteiger charge is 2.21. The molecule has 6 heteroatoms. The first-order valence-electron chi connectivity index (χ1n) is 4.57. The van der Waals surface area contributed by atoms with Crippen molar-refractivity contribution in [3.8, 4) is 0 Å². The van der Waals surface area contributed by atoms with Gasteiger partial charge < -0.3 is 5.32 Å². The van der Waals surface area contributed by atoms with Crippen LogP contribution in [-0.4, -0.2) is 23.6 Å². The number of rotatable bonds is 3. The Morgan fingerprint density at radius 1 is 1.73 bits per heavy atom. The molecule has 1 atom stereocenters. The maximum absolute atomic E-state index is 11.6. The summed E-state index contributed by atoms with van der Waals surface area (Å²) in [6, 6.07) is 2.01. The van der Waals surface area contributed by atoms with Gasteiger partial charge in [-0.05, 0) is 32.9 Å². The third-order valence-electron chi connectivity index (χ3n) is 2.12. The molecule has 2 N–H and O–H groups in total. The Balaban J connectivity index is 1.80. The number of hydrogen-bond acceptors (Lipinski definition) is 4. The smallest absolute Gasteiger partial charge is 0.238 e. The minimum atomic E-state index is -0.0166. The highest BCUT2D eigenvalue weighted by Crippen LogP contribution is 2.20. The van der Waals surface area contributed by atoms with E-state index in [0.29, 0.717) is 6.54 Å². The average molecular weight is 307 g/mol. The lowest BCUT2D eigenvalue weighted by molar-refractivity contribution is -0.122. The van der Waals surface area contributed by atoms with Gasteiger partial charge in [0.15, 0.2) is 0 Å². The van der Waals surface area contributed by atoms with Crippen molar-refractivity contribution in [1.82, 2.24) is 10.6 Å². The van der Waals surface area contributed by atoms with Gasteiger partial charge in [-0.1, -0.05) is 0 Å². The standard InChI is InChI=1S/C9H11BrN2OS2/c10-8-1-6(3-15-8)2-11-9(13)7-4-14-5-12-7/h1,3,7,12H,2,4-5H2,(H,11,13)/t7-/m1/s1. The lowest BCUT2D eigenvalue weighted by atomic mass is 10.3. The minimum Gasteiger partial charge on any atom is -0.351 e. The Morgan fingerprint density at radius 2 is 2.60 bits per heavy atom. The summed E-state index contributed by atoms with van der Waals surface area (Å²) in [5.41, 5.74) is 1.14. The van der Waals surface area contributed by atoms with Crippen LogP contribution < -0.4 is 10.6 Å². The molecule has 1 aliphatic rings. The molecule has 0 spiro atoms. The number of carbonyl (C=O) groups excluding carboxylic acids is 1. The van der Waals surface area contributed by atoms with Crippen molar-refractivity contribution in [2.24, 2.45) is 0 Å². The van der Waals surface area contributed by atoms with Crippen molar-refractivity contribution in [1.29, 1.82) is 0 Å². The number of halogens is 1. The van der Waals surface area contributed by atoms with Gasteiger partial charge in [-0.25, -0.2) is 0 Å². The molecule has 0 saturated carbocycles. The van der Waals surface area contributed by atoms with Crippen LogP contribution in [0.1, 0.15) is 5.56 Å². The molecule has 0 aliphatic carbocycles. The van der Waals surface area contributed by atoms with Crippen LogP contribution in [0.25, 0.3) is 0 Å². The molecule has 2 rings (SSSR count). The Kier molecular flexibility index (Phi) is 4.07. The van der Waals surface area contributed by atoms with E-state index in [0.717, 1.165) is 21.0 Å². The van der Waals surface area contributed by atoms with Crippen molar-refractivity contribution in [3.63, 3.8) is 0 Å². The van der Waals surface area contributed by atoms with E-state index in [4.69, 9.17) is 0 Å². The molecule has 82 valence electrons. The number of thiophene rings is 1.